The molecule has 0 bridgehead atoms. The third kappa shape index (κ3) is 5.67. The summed E-state index contributed by atoms with van der Waals surface area (Å²) in [6.45, 7) is 0.183. The lowest BCUT2D eigenvalue weighted by Gasteiger charge is -2.09. The van der Waals surface area contributed by atoms with Crippen LogP contribution in [0.5, 0.6) is 0 Å². The minimum atomic E-state index is -0.864. The first-order chi connectivity index (χ1) is 8.22. The molecule has 92 valence electrons. The van der Waals surface area contributed by atoms with Crippen molar-refractivity contribution < 1.29 is 19.4 Å². The molecule has 0 aliphatic rings. The molecule has 5 nitrogen and oxygen atoms in total. The second kappa shape index (κ2) is 7.40. The van der Waals surface area contributed by atoms with E-state index in [4.69, 9.17) is 4.74 Å². The van der Waals surface area contributed by atoms with Crippen molar-refractivity contribution in [2.45, 2.75) is 19.1 Å². The number of aliphatic hydroxyl groups excluding tert-OH is 1. The van der Waals surface area contributed by atoms with Crippen LogP contribution in [0.15, 0.2) is 30.3 Å². The molecule has 0 aliphatic heterocycles. The topological polar surface area (TPSA) is 75.6 Å². The van der Waals surface area contributed by atoms with Crippen LogP contribution in [0.2, 0.25) is 0 Å². The van der Waals surface area contributed by atoms with Crippen LogP contribution in [0.4, 0.5) is 4.79 Å². The third-order valence-electron chi connectivity index (χ3n) is 2.06. The van der Waals surface area contributed by atoms with Gasteiger partial charge in [0, 0.05) is 13.0 Å². The highest BCUT2D eigenvalue weighted by Gasteiger charge is 2.07. The monoisotopic (exact) mass is 237 g/mol. The smallest absolute Gasteiger partial charge is 0.407 e. The Morgan fingerprint density at radius 2 is 2.12 bits per heavy atom. The van der Waals surface area contributed by atoms with E-state index in [9.17, 15) is 14.7 Å². The number of carbonyl (C=O) groups excluding carboxylic acids is 2. The summed E-state index contributed by atoms with van der Waals surface area (Å²) in [5.74, 6) is 0. The van der Waals surface area contributed by atoms with Crippen LogP contribution >= 0.6 is 0 Å². The molecule has 17 heavy (non-hydrogen) atoms. The van der Waals surface area contributed by atoms with Gasteiger partial charge in [-0.3, -0.25) is 0 Å². The van der Waals surface area contributed by atoms with E-state index in [1.807, 2.05) is 30.3 Å². The average Bonchev–Trinajstić information content (AvgIpc) is 2.35. The molecule has 0 spiro atoms. The Hall–Kier alpha value is -1.88. The van der Waals surface area contributed by atoms with Crippen molar-refractivity contribution in [3.8, 4) is 0 Å². The number of hydrogen-bond acceptors (Lipinski definition) is 4. The fraction of sp³-hybridized carbons (Fsp3) is 0.333. The van der Waals surface area contributed by atoms with Gasteiger partial charge >= 0.3 is 6.09 Å². The number of rotatable bonds is 6. The molecule has 5 heteroatoms. The molecular weight excluding hydrogens is 222 g/mol. The molecule has 0 aromatic heterocycles. The first-order valence-electron chi connectivity index (χ1n) is 5.28. The predicted molar refractivity (Wildman–Crippen MR) is 61.3 cm³/mol. The molecule has 1 atom stereocenters. The van der Waals surface area contributed by atoms with E-state index in [1.165, 1.54) is 0 Å². The number of hydrogen-bond donors (Lipinski definition) is 2. The molecular formula is C12H15NO4. The number of nitrogens with one attached hydrogen (secondary N) is 1. The molecule has 1 aromatic carbocycles. The Morgan fingerprint density at radius 1 is 1.41 bits per heavy atom. The molecule has 0 fully saturated rings. The van der Waals surface area contributed by atoms with Gasteiger partial charge in [-0.15, -0.1) is 0 Å². The molecule has 0 aliphatic carbocycles. The predicted octanol–water partition coefficient (Wildman–Crippen LogP) is 0.863. The highest BCUT2D eigenvalue weighted by Crippen LogP contribution is 2.00. The molecule has 0 radical (unpaired) electrons. The van der Waals surface area contributed by atoms with Crippen LogP contribution in [0.25, 0.3) is 0 Å². The summed E-state index contributed by atoms with van der Waals surface area (Å²) in [4.78, 5) is 21.3. The van der Waals surface area contributed by atoms with Gasteiger partial charge in [0.25, 0.3) is 0 Å². The van der Waals surface area contributed by atoms with Crippen molar-refractivity contribution in [1.29, 1.82) is 0 Å². The molecule has 2 N–H and O–H groups in total. The Bertz CT molecular complexity index is 353. The average molecular weight is 237 g/mol. The molecule has 0 heterocycles. The highest BCUT2D eigenvalue weighted by atomic mass is 16.5. The molecule has 0 saturated heterocycles. The summed E-state index contributed by atoms with van der Waals surface area (Å²) >= 11 is 0. The van der Waals surface area contributed by atoms with Crippen LogP contribution < -0.4 is 5.32 Å². The van der Waals surface area contributed by atoms with E-state index in [-0.39, 0.29) is 19.6 Å². The van der Waals surface area contributed by atoms with E-state index in [0.717, 1.165) is 5.56 Å². The normalized spacial score (nSPS) is 11.6. The number of aldehydes is 1. The number of benzene rings is 1. The maximum atomic E-state index is 11.2. The van der Waals surface area contributed by atoms with E-state index in [2.05, 4.69) is 5.32 Å². The molecule has 0 saturated carbocycles. The van der Waals surface area contributed by atoms with Gasteiger partial charge in [0.2, 0.25) is 0 Å². The van der Waals surface area contributed by atoms with Gasteiger partial charge in [-0.05, 0) is 5.56 Å². The van der Waals surface area contributed by atoms with Crippen molar-refractivity contribution in [1.82, 2.24) is 5.32 Å². The summed E-state index contributed by atoms with van der Waals surface area (Å²) in [7, 11) is 0. The van der Waals surface area contributed by atoms with Crippen LogP contribution in [0.1, 0.15) is 12.0 Å². The summed E-state index contributed by atoms with van der Waals surface area (Å²) in [5.41, 5.74) is 0.885. The van der Waals surface area contributed by atoms with E-state index in [1.54, 1.807) is 0 Å². The number of aliphatic hydroxyl groups is 1. The van der Waals surface area contributed by atoms with Gasteiger partial charge in [-0.2, -0.15) is 0 Å². The van der Waals surface area contributed by atoms with Gasteiger partial charge in [-0.25, -0.2) is 4.79 Å². The van der Waals surface area contributed by atoms with Crippen molar-refractivity contribution in [2.75, 3.05) is 6.54 Å². The zero-order chi connectivity index (χ0) is 12.5. The minimum absolute atomic E-state index is 0.00103. The lowest BCUT2D eigenvalue weighted by molar-refractivity contribution is -0.109. The van der Waals surface area contributed by atoms with Crippen molar-refractivity contribution in [3.05, 3.63) is 35.9 Å². The quantitative estimate of drug-likeness (QED) is 0.720. The van der Waals surface area contributed by atoms with Gasteiger partial charge in [0.15, 0.2) is 0 Å². The second-order valence-corrected chi connectivity index (χ2v) is 3.50. The molecule has 0 unspecified atom stereocenters. The van der Waals surface area contributed by atoms with Crippen LogP contribution in [0.3, 0.4) is 0 Å². The lowest BCUT2D eigenvalue weighted by Crippen LogP contribution is -2.32. The standard InChI is InChI=1S/C12H15NO4/c14-7-6-11(15)8-13-12(16)17-9-10-4-2-1-3-5-10/h1-5,7,11,15H,6,8-9H2,(H,13,16)/t11-/m0/s1. The Balaban J connectivity index is 2.19. The number of amides is 1. The summed E-state index contributed by atoms with van der Waals surface area (Å²) in [5, 5.41) is 11.5. The number of ether oxygens (including phenoxy) is 1. The van der Waals surface area contributed by atoms with E-state index < -0.39 is 12.2 Å². The maximum Gasteiger partial charge on any atom is 0.407 e. The van der Waals surface area contributed by atoms with E-state index in [0.29, 0.717) is 6.29 Å². The van der Waals surface area contributed by atoms with Gasteiger partial charge in [0.1, 0.15) is 12.9 Å². The Morgan fingerprint density at radius 3 is 2.76 bits per heavy atom. The zero-order valence-corrected chi connectivity index (χ0v) is 9.33. The molecule has 1 rings (SSSR count). The maximum absolute atomic E-state index is 11.2. The minimum Gasteiger partial charge on any atom is -0.445 e. The van der Waals surface area contributed by atoms with Gasteiger partial charge < -0.3 is 20.0 Å². The lowest BCUT2D eigenvalue weighted by atomic mass is 10.2. The summed E-state index contributed by atoms with van der Waals surface area (Å²) in [6.07, 6.45) is -0.878. The van der Waals surface area contributed by atoms with Crippen molar-refractivity contribution in [2.24, 2.45) is 0 Å². The first kappa shape index (κ1) is 13.2. The van der Waals surface area contributed by atoms with E-state index >= 15 is 0 Å². The van der Waals surface area contributed by atoms with Crippen LogP contribution in [0, 0.1) is 0 Å². The Labute approximate surface area is 99.4 Å². The second-order valence-electron chi connectivity index (χ2n) is 3.50. The zero-order valence-electron chi connectivity index (χ0n) is 9.33. The van der Waals surface area contributed by atoms with Crippen LogP contribution in [-0.4, -0.2) is 30.1 Å². The van der Waals surface area contributed by atoms with Gasteiger partial charge in [0.05, 0.1) is 6.10 Å². The third-order valence-corrected chi connectivity index (χ3v) is 2.06. The Kier molecular flexibility index (Phi) is 5.74. The number of alkyl carbamates (subject to hydrolysis) is 1. The first-order valence-corrected chi connectivity index (χ1v) is 5.28. The fourth-order valence-corrected chi connectivity index (χ4v) is 1.17. The summed E-state index contributed by atoms with van der Waals surface area (Å²) in [6, 6.07) is 9.26. The highest BCUT2D eigenvalue weighted by molar-refractivity contribution is 5.67. The molecule has 1 amide bonds. The summed E-state index contributed by atoms with van der Waals surface area (Å²) < 4.78 is 4.91. The van der Waals surface area contributed by atoms with Crippen LogP contribution in [-0.2, 0) is 16.1 Å². The van der Waals surface area contributed by atoms with Crippen molar-refractivity contribution >= 4 is 12.4 Å². The largest absolute Gasteiger partial charge is 0.445 e. The van der Waals surface area contributed by atoms with Gasteiger partial charge in [-0.1, -0.05) is 30.3 Å². The SMILES string of the molecule is O=CC[C@H](O)CNC(=O)OCc1ccccc1. The fourth-order valence-electron chi connectivity index (χ4n) is 1.17. The van der Waals surface area contributed by atoms with Crippen molar-refractivity contribution in [3.63, 3.8) is 0 Å². The molecule has 1 aromatic rings. The number of carbonyl (C=O) groups is 2.